The van der Waals surface area contributed by atoms with Crippen LogP contribution in [0.1, 0.15) is 31.6 Å². The van der Waals surface area contributed by atoms with Crippen LogP contribution in [-0.2, 0) is 29.9 Å². The fourth-order valence-corrected chi connectivity index (χ4v) is 4.03. The molecule has 168 valence electrons. The molecule has 10 nitrogen and oxygen atoms in total. The third kappa shape index (κ3) is 6.81. The first-order chi connectivity index (χ1) is 15.0. The van der Waals surface area contributed by atoms with Crippen LogP contribution in [0.15, 0.2) is 52.2 Å². The number of rotatable bonds is 10. The quantitative estimate of drug-likeness (QED) is 0.415. The number of hydrogen-bond acceptors (Lipinski definition) is 8. The molecule has 4 unspecified atom stereocenters. The first kappa shape index (κ1) is 23.3. The van der Waals surface area contributed by atoms with E-state index in [-0.39, 0.29) is 19.3 Å². The number of esters is 1. The Morgan fingerprint density at radius 3 is 2.77 bits per heavy atom. The van der Waals surface area contributed by atoms with Crippen LogP contribution in [0.25, 0.3) is 0 Å². The number of carbonyl (C=O) groups excluding carboxylic acids is 1. The van der Waals surface area contributed by atoms with Crippen LogP contribution in [0.3, 0.4) is 0 Å². The normalized spacial score (nSPS) is 20.3. The Morgan fingerprint density at radius 1 is 1.29 bits per heavy atom. The highest BCUT2D eigenvalue weighted by Gasteiger charge is 2.29. The van der Waals surface area contributed by atoms with E-state index >= 15 is 0 Å². The summed E-state index contributed by atoms with van der Waals surface area (Å²) in [6.07, 6.45) is 2.00. The highest BCUT2D eigenvalue weighted by molar-refractivity contribution is 7.45. The number of aromatic amines is 1. The van der Waals surface area contributed by atoms with E-state index in [1.807, 2.05) is 30.3 Å². The summed E-state index contributed by atoms with van der Waals surface area (Å²) in [5, 5.41) is 2.98. The van der Waals surface area contributed by atoms with Gasteiger partial charge in [-0.25, -0.2) is 9.88 Å². The topological polar surface area (TPSA) is 121 Å². The maximum Gasteiger partial charge on any atom is 0.330 e. The van der Waals surface area contributed by atoms with E-state index in [9.17, 15) is 14.4 Å². The van der Waals surface area contributed by atoms with Gasteiger partial charge in [0.25, 0.3) is 14.1 Å². The maximum atomic E-state index is 12.2. The number of carbonyl (C=O) groups is 1. The second-order valence-corrected chi connectivity index (χ2v) is 8.38. The Bertz CT molecular complexity index is 965. The lowest BCUT2D eigenvalue weighted by Crippen LogP contribution is -2.33. The molecule has 0 radical (unpaired) electrons. The average molecular weight is 451 g/mol. The monoisotopic (exact) mass is 451 g/mol. The van der Waals surface area contributed by atoms with E-state index in [4.69, 9.17) is 18.5 Å². The van der Waals surface area contributed by atoms with Crippen LogP contribution in [0, 0.1) is 0 Å². The van der Waals surface area contributed by atoms with Gasteiger partial charge in [-0.3, -0.25) is 19.1 Å². The van der Waals surface area contributed by atoms with Crippen LogP contribution in [0.2, 0.25) is 0 Å². The van der Waals surface area contributed by atoms with Crippen molar-refractivity contribution in [2.45, 2.75) is 44.7 Å². The van der Waals surface area contributed by atoms with E-state index in [0.717, 1.165) is 5.56 Å². The van der Waals surface area contributed by atoms with E-state index in [1.165, 1.54) is 23.9 Å². The summed E-state index contributed by atoms with van der Waals surface area (Å²) < 4.78 is 23.6. The fraction of sp³-hybridized carbons (Fsp3) is 0.450. The van der Waals surface area contributed by atoms with Gasteiger partial charge in [0.05, 0.1) is 12.7 Å². The third-order valence-corrected chi connectivity index (χ3v) is 5.98. The number of nitrogens with zero attached hydrogens (tertiary/aromatic N) is 1. The molecule has 2 N–H and O–H groups in total. The Balaban J connectivity index is 1.43. The first-order valence-corrected chi connectivity index (χ1v) is 11.0. The molecule has 11 heteroatoms. The maximum absolute atomic E-state index is 12.2. The molecule has 4 atom stereocenters. The van der Waals surface area contributed by atoms with Crippen LogP contribution in [-0.4, -0.2) is 41.4 Å². The SMILES string of the molecule is COP(NC(C)C(=O)OCc1ccccc1)OCC1CCC(n2ccc(=O)[nH]c2=O)O1. The van der Waals surface area contributed by atoms with Crippen molar-refractivity contribution in [1.82, 2.24) is 14.6 Å². The molecule has 1 aliphatic heterocycles. The zero-order valence-electron chi connectivity index (χ0n) is 17.4. The van der Waals surface area contributed by atoms with Crippen molar-refractivity contribution in [3.63, 3.8) is 0 Å². The molecule has 0 bridgehead atoms. The molecule has 3 rings (SSSR count). The minimum atomic E-state index is -1.54. The lowest BCUT2D eigenvalue weighted by atomic mass is 10.2. The third-order valence-electron chi connectivity index (χ3n) is 4.67. The molecular weight excluding hydrogens is 425 g/mol. The Kier molecular flexibility index (Phi) is 8.51. The number of hydrogen-bond donors (Lipinski definition) is 2. The van der Waals surface area contributed by atoms with Crippen LogP contribution < -0.4 is 16.3 Å². The van der Waals surface area contributed by atoms with Crippen molar-refractivity contribution in [2.24, 2.45) is 0 Å². The van der Waals surface area contributed by atoms with Gasteiger partial charge in [0.15, 0.2) is 0 Å². The minimum absolute atomic E-state index is 0.193. The molecule has 0 spiro atoms. The average Bonchev–Trinajstić information content (AvgIpc) is 3.24. The van der Waals surface area contributed by atoms with E-state index < -0.39 is 38.0 Å². The Morgan fingerprint density at radius 2 is 2.06 bits per heavy atom. The van der Waals surface area contributed by atoms with Gasteiger partial charge in [0, 0.05) is 19.4 Å². The van der Waals surface area contributed by atoms with Crippen molar-refractivity contribution in [2.75, 3.05) is 13.7 Å². The predicted molar refractivity (Wildman–Crippen MR) is 113 cm³/mol. The second-order valence-electron chi connectivity index (χ2n) is 6.99. The fourth-order valence-electron chi connectivity index (χ4n) is 3.03. The smallest absolute Gasteiger partial charge is 0.330 e. The van der Waals surface area contributed by atoms with Crippen molar-refractivity contribution in [3.05, 3.63) is 69.0 Å². The van der Waals surface area contributed by atoms with Gasteiger partial charge in [-0.1, -0.05) is 30.3 Å². The number of benzene rings is 1. The summed E-state index contributed by atoms with van der Waals surface area (Å²) in [6.45, 7) is 2.10. The summed E-state index contributed by atoms with van der Waals surface area (Å²) >= 11 is 0. The first-order valence-electron chi connectivity index (χ1n) is 9.87. The summed E-state index contributed by atoms with van der Waals surface area (Å²) in [5.74, 6) is -0.411. The van der Waals surface area contributed by atoms with Gasteiger partial charge in [0.1, 0.15) is 18.9 Å². The molecule has 0 saturated carbocycles. The number of ether oxygens (including phenoxy) is 2. The molecule has 1 aromatic carbocycles. The summed E-state index contributed by atoms with van der Waals surface area (Å²) in [6, 6.07) is 10.1. The van der Waals surface area contributed by atoms with Crippen molar-refractivity contribution >= 4 is 14.5 Å². The number of aromatic nitrogens is 2. The number of nitrogens with one attached hydrogen (secondary N) is 2. The molecular formula is C20H26N3O7P. The van der Waals surface area contributed by atoms with Crippen LogP contribution >= 0.6 is 8.53 Å². The van der Waals surface area contributed by atoms with Crippen molar-refractivity contribution in [3.8, 4) is 0 Å². The lowest BCUT2D eigenvalue weighted by molar-refractivity contribution is -0.146. The zero-order chi connectivity index (χ0) is 22.2. The summed E-state index contributed by atoms with van der Waals surface area (Å²) in [4.78, 5) is 37.5. The molecule has 2 heterocycles. The van der Waals surface area contributed by atoms with E-state index in [1.54, 1.807) is 6.92 Å². The van der Waals surface area contributed by atoms with Gasteiger partial charge in [-0.05, 0) is 25.3 Å². The van der Waals surface area contributed by atoms with Gasteiger partial charge in [-0.2, -0.15) is 0 Å². The van der Waals surface area contributed by atoms with Crippen LogP contribution in [0.5, 0.6) is 0 Å². The number of H-pyrrole nitrogens is 1. The van der Waals surface area contributed by atoms with Gasteiger partial charge >= 0.3 is 11.7 Å². The molecule has 1 fully saturated rings. The summed E-state index contributed by atoms with van der Waals surface area (Å²) in [7, 11) is -0.0523. The Labute approximate surface area is 180 Å². The van der Waals surface area contributed by atoms with E-state index in [0.29, 0.717) is 12.8 Å². The highest BCUT2D eigenvalue weighted by atomic mass is 31.2. The molecule has 31 heavy (non-hydrogen) atoms. The van der Waals surface area contributed by atoms with Crippen molar-refractivity contribution in [1.29, 1.82) is 0 Å². The lowest BCUT2D eigenvalue weighted by Gasteiger charge is -2.21. The Hall–Kier alpha value is -2.36. The van der Waals surface area contributed by atoms with E-state index in [2.05, 4.69) is 10.1 Å². The molecule has 2 aromatic rings. The van der Waals surface area contributed by atoms with Gasteiger partial charge < -0.3 is 18.5 Å². The molecule has 0 amide bonds. The standard InChI is InChI=1S/C20H26N3O7P/c1-14(19(25)28-12-15-6-4-3-5-7-15)22-31(27-2)29-13-16-8-9-18(30-16)23-11-10-17(24)21-20(23)26/h3-7,10-11,14,16,18,22H,8-9,12-13H2,1-2H3,(H,21,24,26). The largest absolute Gasteiger partial charge is 0.460 e. The van der Waals surface area contributed by atoms with Crippen molar-refractivity contribution < 1.29 is 23.3 Å². The minimum Gasteiger partial charge on any atom is -0.460 e. The molecule has 1 saturated heterocycles. The van der Waals surface area contributed by atoms with Gasteiger partial charge in [0.2, 0.25) is 0 Å². The predicted octanol–water partition coefficient (Wildman–Crippen LogP) is 1.83. The van der Waals surface area contributed by atoms with Crippen LogP contribution in [0.4, 0.5) is 0 Å². The molecule has 1 aromatic heterocycles. The van der Waals surface area contributed by atoms with Gasteiger partial charge in [-0.15, -0.1) is 0 Å². The molecule has 0 aliphatic carbocycles. The summed E-state index contributed by atoms with van der Waals surface area (Å²) in [5.41, 5.74) is -0.0575. The highest BCUT2D eigenvalue weighted by Crippen LogP contribution is 2.35. The molecule has 1 aliphatic rings. The zero-order valence-corrected chi connectivity index (χ0v) is 18.2. The second kappa shape index (κ2) is 11.3.